The standard InChI is InChI=1S/C13H17N3O4.ClH/c1-20-12-7-9(4-5-11(12)16(18)19)13(17)15-10-3-2-6-14-8-10;/h4-5,7,10,14H,2-3,6,8H2,1H3,(H,15,17);1H. The molecule has 1 heterocycles. The van der Waals surface area contributed by atoms with Gasteiger partial charge in [-0.05, 0) is 25.5 Å². The van der Waals surface area contributed by atoms with Gasteiger partial charge in [0.2, 0.25) is 0 Å². The van der Waals surface area contributed by atoms with Gasteiger partial charge < -0.3 is 15.4 Å². The summed E-state index contributed by atoms with van der Waals surface area (Å²) in [5.74, 6) is -0.156. The lowest BCUT2D eigenvalue weighted by Crippen LogP contribution is -2.45. The van der Waals surface area contributed by atoms with Crippen LogP contribution < -0.4 is 15.4 Å². The van der Waals surface area contributed by atoms with Crippen LogP contribution in [0.2, 0.25) is 0 Å². The minimum Gasteiger partial charge on any atom is -0.490 e. The number of halogens is 1. The van der Waals surface area contributed by atoms with Crippen LogP contribution >= 0.6 is 12.4 Å². The normalized spacial score (nSPS) is 17.5. The van der Waals surface area contributed by atoms with Gasteiger partial charge in [0.1, 0.15) is 0 Å². The molecule has 2 N–H and O–H groups in total. The summed E-state index contributed by atoms with van der Waals surface area (Å²) in [6.07, 6.45) is 1.96. The molecule has 0 aliphatic carbocycles. The van der Waals surface area contributed by atoms with Crippen LogP contribution in [0, 0.1) is 10.1 Å². The SMILES string of the molecule is COc1cc(C(=O)NC2CCCNC2)ccc1[N+](=O)[O-].Cl. The van der Waals surface area contributed by atoms with E-state index >= 15 is 0 Å². The number of carbonyl (C=O) groups excluding carboxylic acids is 1. The first-order valence-corrected chi connectivity index (χ1v) is 6.46. The highest BCUT2D eigenvalue weighted by atomic mass is 35.5. The Bertz CT molecular complexity index is 518. The van der Waals surface area contributed by atoms with Gasteiger partial charge in [0.05, 0.1) is 12.0 Å². The highest BCUT2D eigenvalue weighted by Gasteiger charge is 2.20. The van der Waals surface area contributed by atoms with Crippen LogP contribution in [0.15, 0.2) is 18.2 Å². The van der Waals surface area contributed by atoms with Gasteiger partial charge in [-0.15, -0.1) is 12.4 Å². The molecule has 8 heteroatoms. The molecule has 1 aromatic carbocycles. The van der Waals surface area contributed by atoms with Crippen LogP contribution in [0.3, 0.4) is 0 Å². The predicted octanol–water partition coefficient (Wildman–Crippen LogP) is 1.51. The summed E-state index contributed by atoms with van der Waals surface area (Å²) in [6.45, 7) is 1.72. The van der Waals surface area contributed by atoms with Crippen molar-refractivity contribution in [3.8, 4) is 5.75 Å². The number of rotatable bonds is 4. The number of nitrogens with one attached hydrogen (secondary N) is 2. The molecule has 1 aromatic rings. The van der Waals surface area contributed by atoms with Crippen molar-refractivity contribution in [1.29, 1.82) is 0 Å². The van der Waals surface area contributed by atoms with Gasteiger partial charge in [-0.1, -0.05) is 0 Å². The van der Waals surface area contributed by atoms with Crippen molar-refractivity contribution in [3.63, 3.8) is 0 Å². The average molecular weight is 316 g/mol. The molecule has 116 valence electrons. The van der Waals surface area contributed by atoms with Crippen LogP contribution in [0.5, 0.6) is 5.75 Å². The van der Waals surface area contributed by atoms with Crippen molar-refractivity contribution in [1.82, 2.24) is 10.6 Å². The van der Waals surface area contributed by atoms with E-state index in [9.17, 15) is 14.9 Å². The Kier molecular flexibility index (Phi) is 6.39. The van der Waals surface area contributed by atoms with Gasteiger partial charge in [0, 0.05) is 30.3 Å². The van der Waals surface area contributed by atoms with Crippen molar-refractivity contribution in [2.24, 2.45) is 0 Å². The van der Waals surface area contributed by atoms with Crippen molar-refractivity contribution in [2.45, 2.75) is 18.9 Å². The molecule has 1 amide bonds. The van der Waals surface area contributed by atoms with E-state index in [0.717, 1.165) is 25.9 Å². The smallest absolute Gasteiger partial charge is 0.310 e. The molecule has 0 saturated carbocycles. The molecular formula is C13H18ClN3O4. The number of nitro benzene ring substituents is 1. The summed E-state index contributed by atoms with van der Waals surface area (Å²) >= 11 is 0. The van der Waals surface area contributed by atoms with E-state index in [1.54, 1.807) is 0 Å². The molecule has 1 fully saturated rings. The molecule has 7 nitrogen and oxygen atoms in total. The fourth-order valence-electron chi connectivity index (χ4n) is 2.21. The predicted molar refractivity (Wildman–Crippen MR) is 80.3 cm³/mol. The first-order valence-electron chi connectivity index (χ1n) is 6.46. The topological polar surface area (TPSA) is 93.5 Å². The average Bonchev–Trinajstić information content (AvgIpc) is 2.47. The molecule has 0 radical (unpaired) electrons. The number of hydrogen-bond donors (Lipinski definition) is 2. The van der Waals surface area contributed by atoms with Gasteiger partial charge in [0.15, 0.2) is 5.75 Å². The van der Waals surface area contributed by atoms with E-state index in [2.05, 4.69) is 10.6 Å². The monoisotopic (exact) mass is 315 g/mol. The van der Waals surface area contributed by atoms with Gasteiger partial charge >= 0.3 is 5.69 Å². The second kappa shape index (κ2) is 7.80. The van der Waals surface area contributed by atoms with Gasteiger partial charge in [0.25, 0.3) is 5.91 Å². The van der Waals surface area contributed by atoms with Gasteiger partial charge in [-0.2, -0.15) is 0 Å². The third kappa shape index (κ3) is 4.30. The molecule has 0 spiro atoms. The summed E-state index contributed by atoms with van der Waals surface area (Å²) in [7, 11) is 1.34. The molecule has 1 aliphatic heterocycles. The molecule has 0 bridgehead atoms. The van der Waals surface area contributed by atoms with Crippen molar-refractivity contribution < 1.29 is 14.5 Å². The van der Waals surface area contributed by atoms with Crippen LogP contribution in [-0.4, -0.2) is 37.1 Å². The number of methoxy groups -OCH3 is 1. The molecule has 1 atom stereocenters. The van der Waals surface area contributed by atoms with Crippen LogP contribution in [0.1, 0.15) is 23.2 Å². The first kappa shape index (κ1) is 17.2. The Balaban J connectivity index is 0.00000220. The molecule has 1 saturated heterocycles. The third-order valence-electron chi connectivity index (χ3n) is 3.27. The Hall–Kier alpha value is -1.86. The zero-order chi connectivity index (χ0) is 14.5. The minimum atomic E-state index is -0.536. The number of piperidine rings is 1. The summed E-state index contributed by atoms with van der Waals surface area (Å²) in [4.78, 5) is 22.4. The van der Waals surface area contributed by atoms with E-state index in [0.29, 0.717) is 5.56 Å². The minimum absolute atomic E-state index is 0. The second-order valence-corrected chi connectivity index (χ2v) is 4.66. The summed E-state index contributed by atoms with van der Waals surface area (Å²) < 4.78 is 4.95. The number of nitrogens with zero attached hydrogens (tertiary/aromatic N) is 1. The summed E-state index contributed by atoms with van der Waals surface area (Å²) in [6, 6.07) is 4.21. The third-order valence-corrected chi connectivity index (χ3v) is 3.27. The fourth-order valence-corrected chi connectivity index (χ4v) is 2.21. The molecule has 1 aliphatic rings. The quantitative estimate of drug-likeness (QED) is 0.649. The maximum absolute atomic E-state index is 12.1. The number of amides is 1. The zero-order valence-corrected chi connectivity index (χ0v) is 12.4. The summed E-state index contributed by atoms with van der Waals surface area (Å²) in [5, 5.41) is 16.9. The Morgan fingerprint density at radius 1 is 1.52 bits per heavy atom. The zero-order valence-electron chi connectivity index (χ0n) is 11.6. The van der Waals surface area contributed by atoms with Crippen LogP contribution in [0.25, 0.3) is 0 Å². The Morgan fingerprint density at radius 3 is 2.86 bits per heavy atom. The Labute approximate surface area is 128 Å². The lowest BCUT2D eigenvalue weighted by atomic mass is 10.1. The van der Waals surface area contributed by atoms with E-state index in [1.165, 1.54) is 25.3 Å². The summed E-state index contributed by atoms with van der Waals surface area (Å²) in [5.41, 5.74) is 0.210. The fraction of sp³-hybridized carbons (Fsp3) is 0.462. The van der Waals surface area contributed by atoms with Crippen molar-refractivity contribution >= 4 is 24.0 Å². The lowest BCUT2D eigenvalue weighted by molar-refractivity contribution is -0.385. The molecule has 2 rings (SSSR count). The molecular weight excluding hydrogens is 298 g/mol. The molecule has 1 unspecified atom stereocenters. The largest absolute Gasteiger partial charge is 0.490 e. The van der Waals surface area contributed by atoms with Crippen LogP contribution in [0.4, 0.5) is 5.69 Å². The van der Waals surface area contributed by atoms with Crippen molar-refractivity contribution in [2.75, 3.05) is 20.2 Å². The molecule has 21 heavy (non-hydrogen) atoms. The second-order valence-electron chi connectivity index (χ2n) is 4.66. The maximum Gasteiger partial charge on any atom is 0.310 e. The van der Waals surface area contributed by atoms with E-state index < -0.39 is 4.92 Å². The number of carbonyl (C=O) groups is 1. The lowest BCUT2D eigenvalue weighted by Gasteiger charge is -2.23. The highest BCUT2D eigenvalue weighted by molar-refractivity contribution is 5.95. The maximum atomic E-state index is 12.1. The Morgan fingerprint density at radius 2 is 2.29 bits per heavy atom. The molecule has 0 aromatic heterocycles. The highest BCUT2D eigenvalue weighted by Crippen LogP contribution is 2.27. The number of ether oxygens (including phenoxy) is 1. The van der Waals surface area contributed by atoms with E-state index in [-0.39, 0.29) is 35.8 Å². The van der Waals surface area contributed by atoms with Crippen molar-refractivity contribution in [3.05, 3.63) is 33.9 Å². The van der Waals surface area contributed by atoms with Gasteiger partial charge in [-0.25, -0.2) is 0 Å². The van der Waals surface area contributed by atoms with Crippen LogP contribution in [-0.2, 0) is 0 Å². The number of nitro groups is 1. The van der Waals surface area contributed by atoms with E-state index in [4.69, 9.17) is 4.74 Å². The van der Waals surface area contributed by atoms with Gasteiger partial charge in [-0.3, -0.25) is 14.9 Å². The first-order chi connectivity index (χ1) is 9.61. The van der Waals surface area contributed by atoms with E-state index in [1.807, 2.05) is 0 Å². The number of benzene rings is 1. The number of hydrogen-bond acceptors (Lipinski definition) is 5.